The number of rotatable bonds is 5. The van der Waals surface area contributed by atoms with E-state index < -0.39 is 0 Å². The van der Waals surface area contributed by atoms with Gasteiger partial charge in [-0.25, -0.2) is 0 Å². The second-order valence-electron chi connectivity index (χ2n) is 9.69. The summed E-state index contributed by atoms with van der Waals surface area (Å²) >= 11 is 3.80. The van der Waals surface area contributed by atoms with Crippen molar-refractivity contribution in [3.63, 3.8) is 0 Å². The number of nitrogens with one attached hydrogen (secondary N) is 1. The fourth-order valence-corrected chi connectivity index (χ4v) is 6.79. The minimum absolute atomic E-state index is 0.280. The quantitative estimate of drug-likeness (QED) is 0.418. The van der Waals surface area contributed by atoms with Crippen molar-refractivity contribution in [1.29, 1.82) is 0 Å². The number of anilines is 2. The highest BCUT2D eigenvalue weighted by Crippen LogP contribution is 2.47. The average Bonchev–Trinajstić information content (AvgIpc) is 3.08. The van der Waals surface area contributed by atoms with Crippen LogP contribution in [0, 0.1) is 19.3 Å². The van der Waals surface area contributed by atoms with Gasteiger partial charge in [-0.3, -0.25) is 0 Å². The van der Waals surface area contributed by atoms with Gasteiger partial charge in [-0.05, 0) is 79.1 Å². The Labute approximate surface area is 216 Å². The molecule has 1 heterocycles. The van der Waals surface area contributed by atoms with E-state index in [1.54, 1.807) is 0 Å². The maximum absolute atomic E-state index is 3.32. The Kier molecular flexibility index (Phi) is 9.06. The molecule has 0 unspecified atom stereocenters. The van der Waals surface area contributed by atoms with Gasteiger partial charge in [0.25, 0.3) is 0 Å². The molecule has 4 rings (SSSR count). The summed E-state index contributed by atoms with van der Waals surface area (Å²) in [5, 5.41) is 4.64. The second-order valence-corrected chi connectivity index (χ2v) is 11.8. The third kappa shape index (κ3) is 6.55. The van der Waals surface area contributed by atoms with Crippen LogP contribution in [-0.2, 0) is 0 Å². The van der Waals surface area contributed by atoms with E-state index in [1.807, 2.05) is 44.4 Å². The predicted octanol–water partition coefficient (Wildman–Crippen LogP) is 9.22. The van der Waals surface area contributed by atoms with E-state index in [0.29, 0.717) is 0 Å². The lowest BCUT2D eigenvalue weighted by Gasteiger charge is -2.31. The molecular formula is C30H40N2S2. The van der Waals surface area contributed by atoms with Gasteiger partial charge in [-0.1, -0.05) is 69.3 Å². The molecule has 2 nitrogen and oxygen atoms in total. The molecule has 34 heavy (non-hydrogen) atoms. The fraction of sp³-hybridized carbons (Fsp3) is 0.400. The number of hydrogen-bond donors (Lipinski definition) is 1. The van der Waals surface area contributed by atoms with Crippen LogP contribution >= 0.6 is 23.5 Å². The summed E-state index contributed by atoms with van der Waals surface area (Å²) in [7, 11) is 4.18. The van der Waals surface area contributed by atoms with Gasteiger partial charge in [0, 0.05) is 35.3 Å². The molecular weight excluding hydrogens is 452 g/mol. The molecule has 0 bridgehead atoms. The van der Waals surface area contributed by atoms with Gasteiger partial charge >= 0.3 is 0 Å². The lowest BCUT2D eigenvalue weighted by molar-refractivity contribution is 0.355. The molecule has 1 aliphatic carbocycles. The Balaban J connectivity index is 0.00000158. The van der Waals surface area contributed by atoms with Crippen molar-refractivity contribution >= 4 is 34.9 Å². The molecule has 2 aromatic rings. The number of allylic oxidation sites excluding steroid dienone is 4. The van der Waals surface area contributed by atoms with Crippen LogP contribution in [0.2, 0.25) is 0 Å². The van der Waals surface area contributed by atoms with Gasteiger partial charge in [-0.2, -0.15) is 0 Å². The zero-order chi connectivity index (χ0) is 24.9. The molecule has 0 amide bonds. The van der Waals surface area contributed by atoms with Crippen molar-refractivity contribution in [2.45, 2.75) is 64.2 Å². The van der Waals surface area contributed by atoms with Crippen molar-refractivity contribution in [2.24, 2.45) is 5.41 Å². The topological polar surface area (TPSA) is 15.3 Å². The number of benzene rings is 2. The Hall–Kier alpha value is -2.04. The number of thioether (sulfide) groups is 2. The summed E-state index contributed by atoms with van der Waals surface area (Å²) in [5.41, 5.74) is 8.32. The number of aryl methyl sites for hydroxylation is 2. The van der Waals surface area contributed by atoms with E-state index in [4.69, 9.17) is 0 Å². The van der Waals surface area contributed by atoms with Crippen LogP contribution in [0.1, 0.15) is 51.7 Å². The minimum Gasteiger partial charge on any atom is -0.387 e. The van der Waals surface area contributed by atoms with Crippen LogP contribution in [0.25, 0.3) is 0 Å². The summed E-state index contributed by atoms with van der Waals surface area (Å²) in [6, 6.07) is 13.4. The van der Waals surface area contributed by atoms with Crippen LogP contribution < -0.4 is 10.2 Å². The summed E-state index contributed by atoms with van der Waals surface area (Å²) in [6.45, 7) is 13.1. The van der Waals surface area contributed by atoms with E-state index in [9.17, 15) is 0 Å². The fourth-order valence-electron chi connectivity index (χ4n) is 4.49. The van der Waals surface area contributed by atoms with Crippen LogP contribution in [0.4, 0.5) is 11.4 Å². The van der Waals surface area contributed by atoms with Crippen molar-refractivity contribution in [2.75, 3.05) is 30.1 Å². The first-order valence-electron chi connectivity index (χ1n) is 12.3. The molecule has 2 aliphatic rings. The standard InChI is InChI=1S/C28H34N2S2.C2H6/c1-19-7-9-23(29-5)25(13-19)31-12-11-21-15-22(18-28(3,4)17-21)16-27-30(6)24-10-8-20(2)14-26(24)32-27;1-2/h7-11,13-16,29H,12,17-18H2,1-6H3;1-2H3. The van der Waals surface area contributed by atoms with E-state index in [0.717, 1.165) is 18.6 Å². The molecule has 4 heteroatoms. The summed E-state index contributed by atoms with van der Waals surface area (Å²) in [5.74, 6) is 0.989. The van der Waals surface area contributed by atoms with Crippen molar-refractivity contribution in [1.82, 2.24) is 0 Å². The second kappa shape index (κ2) is 11.6. The summed E-state index contributed by atoms with van der Waals surface area (Å²) in [4.78, 5) is 5.01. The van der Waals surface area contributed by atoms with Crippen LogP contribution in [0.5, 0.6) is 0 Å². The van der Waals surface area contributed by atoms with Crippen molar-refractivity contribution in [3.05, 3.63) is 81.9 Å². The number of nitrogens with zero attached hydrogens (tertiary/aromatic N) is 1. The monoisotopic (exact) mass is 492 g/mol. The van der Waals surface area contributed by atoms with Gasteiger partial charge in [0.05, 0.1) is 10.7 Å². The molecule has 0 aromatic heterocycles. The van der Waals surface area contributed by atoms with Gasteiger partial charge in [0.1, 0.15) is 0 Å². The minimum atomic E-state index is 0.280. The third-order valence-electron chi connectivity index (χ3n) is 6.06. The highest BCUT2D eigenvalue weighted by atomic mass is 32.2. The Morgan fingerprint density at radius 3 is 2.50 bits per heavy atom. The SMILES string of the molecule is CC.CNc1ccc(C)cc1SCC=C1C=C(C=C2Sc3cc(C)ccc3N2C)CC(C)(C)C1. The largest absolute Gasteiger partial charge is 0.387 e. The first kappa shape index (κ1) is 26.6. The molecule has 182 valence electrons. The molecule has 0 saturated carbocycles. The van der Waals surface area contributed by atoms with Gasteiger partial charge < -0.3 is 10.2 Å². The van der Waals surface area contributed by atoms with Gasteiger partial charge in [-0.15, -0.1) is 11.8 Å². The van der Waals surface area contributed by atoms with Gasteiger partial charge in [0.2, 0.25) is 0 Å². The highest BCUT2D eigenvalue weighted by molar-refractivity contribution is 8.03. The Morgan fingerprint density at radius 1 is 1.06 bits per heavy atom. The zero-order valence-corrected chi connectivity index (χ0v) is 23.7. The lowest BCUT2D eigenvalue weighted by atomic mass is 9.75. The normalized spacial score (nSPS) is 18.9. The molecule has 0 radical (unpaired) electrons. The molecule has 2 aromatic carbocycles. The summed E-state index contributed by atoms with van der Waals surface area (Å²) < 4.78 is 0. The lowest BCUT2D eigenvalue weighted by Crippen LogP contribution is -2.18. The molecule has 0 spiro atoms. The number of fused-ring (bicyclic) bond motifs is 1. The molecule has 1 aliphatic heterocycles. The van der Waals surface area contributed by atoms with Crippen LogP contribution in [-0.4, -0.2) is 19.8 Å². The Bertz CT molecular complexity index is 1110. The predicted molar refractivity (Wildman–Crippen MR) is 156 cm³/mol. The van der Waals surface area contributed by atoms with E-state index in [-0.39, 0.29) is 5.41 Å². The third-order valence-corrected chi connectivity index (χ3v) is 8.19. The van der Waals surface area contributed by atoms with Crippen molar-refractivity contribution < 1.29 is 0 Å². The molecule has 1 N–H and O–H groups in total. The van der Waals surface area contributed by atoms with Crippen LogP contribution in [0.15, 0.2) is 80.6 Å². The first-order chi connectivity index (χ1) is 16.2. The maximum atomic E-state index is 3.32. The number of hydrogen-bond acceptors (Lipinski definition) is 4. The van der Waals surface area contributed by atoms with E-state index >= 15 is 0 Å². The van der Waals surface area contributed by atoms with E-state index in [1.165, 1.54) is 48.5 Å². The Morgan fingerprint density at radius 2 is 1.76 bits per heavy atom. The molecule has 0 fully saturated rings. The highest BCUT2D eigenvalue weighted by Gasteiger charge is 2.27. The van der Waals surface area contributed by atoms with Crippen LogP contribution in [0.3, 0.4) is 0 Å². The first-order valence-corrected chi connectivity index (χ1v) is 14.1. The molecule has 0 saturated heterocycles. The zero-order valence-electron chi connectivity index (χ0n) is 22.1. The van der Waals surface area contributed by atoms with E-state index in [2.05, 4.69) is 99.6 Å². The van der Waals surface area contributed by atoms with Crippen molar-refractivity contribution in [3.8, 4) is 0 Å². The smallest absolute Gasteiger partial charge is 0.0801 e. The average molecular weight is 493 g/mol. The van der Waals surface area contributed by atoms with Gasteiger partial charge in [0.15, 0.2) is 0 Å². The summed E-state index contributed by atoms with van der Waals surface area (Å²) in [6.07, 6.45) is 9.51. The maximum Gasteiger partial charge on any atom is 0.0801 e. The molecule has 0 atom stereocenters.